The first kappa shape index (κ1) is 13.6. The lowest BCUT2D eigenvalue weighted by molar-refractivity contribution is -0.120. The van der Waals surface area contributed by atoms with E-state index in [4.69, 9.17) is 0 Å². The van der Waals surface area contributed by atoms with Crippen molar-refractivity contribution in [2.75, 3.05) is 20.1 Å². The first-order valence-corrected chi connectivity index (χ1v) is 7.09. The maximum atomic E-state index is 11.9. The molecule has 0 atom stereocenters. The third-order valence-corrected chi connectivity index (χ3v) is 3.92. The van der Waals surface area contributed by atoms with Crippen LogP contribution in [0.25, 0.3) is 0 Å². The van der Waals surface area contributed by atoms with Gasteiger partial charge in [0.15, 0.2) is 0 Å². The van der Waals surface area contributed by atoms with Gasteiger partial charge in [0.25, 0.3) is 0 Å². The van der Waals surface area contributed by atoms with Gasteiger partial charge >= 0.3 is 0 Å². The van der Waals surface area contributed by atoms with Crippen LogP contribution in [0.1, 0.15) is 18.4 Å². The summed E-state index contributed by atoms with van der Waals surface area (Å²) in [5, 5.41) is 6.24. The van der Waals surface area contributed by atoms with Crippen LogP contribution in [0.5, 0.6) is 0 Å². The molecule has 1 aromatic rings. The zero-order valence-corrected chi connectivity index (χ0v) is 12.2. The van der Waals surface area contributed by atoms with Gasteiger partial charge < -0.3 is 10.6 Å². The van der Waals surface area contributed by atoms with E-state index in [1.807, 2.05) is 31.3 Å². The Bertz CT molecular complexity index is 430. The van der Waals surface area contributed by atoms with E-state index in [2.05, 4.69) is 26.6 Å². The number of hydrogen-bond donors (Lipinski definition) is 2. The Kier molecular flexibility index (Phi) is 4.40. The molecule has 1 amide bonds. The Morgan fingerprint density at radius 3 is 2.78 bits per heavy atom. The molecule has 0 aliphatic heterocycles. The molecule has 2 N–H and O–H groups in total. The summed E-state index contributed by atoms with van der Waals surface area (Å²) in [4.78, 5) is 11.9. The predicted octanol–water partition coefficient (Wildman–Crippen LogP) is 2.11. The van der Waals surface area contributed by atoms with Gasteiger partial charge in [0.2, 0.25) is 5.91 Å². The first-order chi connectivity index (χ1) is 8.63. The molecule has 2 rings (SSSR count). The van der Waals surface area contributed by atoms with Crippen LogP contribution in [0.3, 0.4) is 0 Å². The highest BCUT2D eigenvalue weighted by Crippen LogP contribution is 2.44. The molecule has 1 aromatic carbocycles. The SMILES string of the molecule is CNCC1(CNC(=O)Cc2cccc(Br)c2)CC1. The monoisotopic (exact) mass is 310 g/mol. The van der Waals surface area contributed by atoms with Crippen LogP contribution in [0.4, 0.5) is 0 Å². The zero-order valence-electron chi connectivity index (χ0n) is 10.6. The zero-order chi connectivity index (χ0) is 13.0. The molecule has 0 radical (unpaired) electrons. The summed E-state index contributed by atoms with van der Waals surface area (Å²) in [7, 11) is 1.96. The number of carbonyl (C=O) groups is 1. The Morgan fingerprint density at radius 1 is 1.39 bits per heavy atom. The molecule has 3 nitrogen and oxygen atoms in total. The normalized spacial score (nSPS) is 16.3. The van der Waals surface area contributed by atoms with E-state index < -0.39 is 0 Å². The Labute approximate surface area is 116 Å². The minimum absolute atomic E-state index is 0.107. The molecule has 0 unspecified atom stereocenters. The predicted molar refractivity (Wildman–Crippen MR) is 76.4 cm³/mol. The molecular weight excluding hydrogens is 292 g/mol. The van der Waals surface area contributed by atoms with Gasteiger partial charge in [-0.1, -0.05) is 28.1 Å². The fourth-order valence-corrected chi connectivity index (χ4v) is 2.60. The molecule has 0 saturated heterocycles. The first-order valence-electron chi connectivity index (χ1n) is 6.29. The van der Waals surface area contributed by atoms with E-state index in [9.17, 15) is 4.79 Å². The van der Waals surface area contributed by atoms with Crippen LogP contribution in [0, 0.1) is 5.41 Å². The summed E-state index contributed by atoms with van der Waals surface area (Å²) in [6, 6.07) is 7.88. The maximum absolute atomic E-state index is 11.9. The van der Waals surface area contributed by atoms with Gasteiger partial charge in [-0.3, -0.25) is 4.79 Å². The van der Waals surface area contributed by atoms with E-state index in [-0.39, 0.29) is 5.91 Å². The summed E-state index contributed by atoms with van der Waals surface area (Å²) >= 11 is 3.41. The highest BCUT2D eigenvalue weighted by atomic mass is 79.9. The summed E-state index contributed by atoms with van der Waals surface area (Å²) in [5.41, 5.74) is 1.36. The number of hydrogen-bond acceptors (Lipinski definition) is 2. The van der Waals surface area contributed by atoms with Crippen LogP contribution in [-0.4, -0.2) is 26.0 Å². The number of halogens is 1. The third kappa shape index (κ3) is 3.82. The van der Waals surface area contributed by atoms with Gasteiger partial charge in [0, 0.05) is 23.0 Å². The second-order valence-electron chi connectivity index (χ2n) is 5.11. The van der Waals surface area contributed by atoms with Crippen molar-refractivity contribution in [3.63, 3.8) is 0 Å². The molecule has 1 aliphatic carbocycles. The van der Waals surface area contributed by atoms with Crippen molar-refractivity contribution >= 4 is 21.8 Å². The Hall–Kier alpha value is -0.870. The summed E-state index contributed by atoms with van der Waals surface area (Å²) in [6.07, 6.45) is 2.88. The molecule has 0 bridgehead atoms. The average molecular weight is 311 g/mol. The van der Waals surface area contributed by atoms with E-state index in [0.29, 0.717) is 11.8 Å². The largest absolute Gasteiger partial charge is 0.355 e. The smallest absolute Gasteiger partial charge is 0.224 e. The topological polar surface area (TPSA) is 41.1 Å². The quantitative estimate of drug-likeness (QED) is 0.845. The van der Waals surface area contributed by atoms with Crippen molar-refractivity contribution < 1.29 is 4.79 Å². The van der Waals surface area contributed by atoms with E-state index >= 15 is 0 Å². The maximum Gasteiger partial charge on any atom is 0.224 e. The lowest BCUT2D eigenvalue weighted by Crippen LogP contribution is -2.35. The van der Waals surface area contributed by atoms with Crippen molar-refractivity contribution in [3.8, 4) is 0 Å². The average Bonchev–Trinajstić information content (AvgIpc) is 3.08. The minimum Gasteiger partial charge on any atom is -0.355 e. The van der Waals surface area contributed by atoms with Gasteiger partial charge in [-0.25, -0.2) is 0 Å². The summed E-state index contributed by atoms with van der Waals surface area (Å²) < 4.78 is 1.02. The molecule has 98 valence electrons. The minimum atomic E-state index is 0.107. The number of rotatable bonds is 6. The summed E-state index contributed by atoms with van der Waals surface area (Å²) in [5.74, 6) is 0.107. The standard InChI is InChI=1S/C14H19BrN2O/c1-16-9-14(5-6-14)10-17-13(18)8-11-3-2-4-12(15)7-11/h2-4,7,16H,5-6,8-10H2,1H3,(H,17,18). The van der Waals surface area contributed by atoms with Gasteiger partial charge in [-0.15, -0.1) is 0 Å². The number of benzene rings is 1. The van der Waals surface area contributed by atoms with Gasteiger partial charge in [0.1, 0.15) is 0 Å². The molecule has 0 spiro atoms. The molecule has 4 heteroatoms. The second-order valence-corrected chi connectivity index (χ2v) is 6.03. The van der Waals surface area contributed by atoms with E-state index in [0.717, 1.165) is 23.1 Å². The van der Waals surface area contributed by atoms with Crippen LogP contribution in [-0.2, 0) is 11.2 Å². The van der Waals surface area contributed by atoms with Crippen LogP contribution >= 0.6 is 15.9 Å². The molecule has 1 fully saturated rings. The molecule has 0 aromatic heterocycles. The van der Waals surface area contributed by atoms with E-state index in [1.54, 1.807) is 0 Å². The highest BCUT2D eigenvalue weighted by molar-refractivity contribution is 9.10. The summed E-state index contributed by atoms with van der Waals surface area (Å²) in [6.45, 7) is 1.78. The van der Waals surface area contributed by atoms with Crippen molar-refractivity contribution in [3.05, 3.63) is 34.3 Å². The molecular formula is C14H19BrN2O. The molecule has 1 saturated carbocycles. The molecule has 1 aliphatic rings. The van der Waals surface area contributed by atoms with Gasteiger partial charge in [0.05, 0.1) is 6.42 Å². The third-order valence-electron chi connectivity index (χ3n) is 3.42. The van der Waals surface area contributed by atoms with Crippen molar-refractivity contribution in [2.45, 2.75) is 19.3 Å². The van der Waals surface area contributed by atoms with Crippen LogP contribution in [0.15, 0.2) is 28.7 Å². The number of amides is 1. The van der Waals surface area contributed by atoms with E-state index in [1.165, 1.54) is 12.8 Å². The molecule has 0 heterocycles. The Morgan fingerprint density at radius 2 is 2.17 bits per heavy atom. The number of carbonyl (C=O) groups excluding carboxylic acids is 1. The highest BCUT2D eigenvalue weighted by Gasteiger charge is 2.41. The van der Waals surface area contributed by atoms with Crippen LogP contribution in [0.2, 0.25) is 0 Å². The fraction of sp³-hybridized carbons (Fsp3) is 0.500. The van der Waals surface area contributed by atoms with Gasteiger partial charge in [-0.2, -0.15) is 0 Å². The molecule has 18 heavy (non-hydrogen) atoms. The van der Waals surface area contributed by atoms with Gasteiger partial charge in [-0.05, 0) is 37.6 Å². The number of nitrogens with one attached hydrogen (secondary N) is 2. The van der Waals surface area contributed by atoms with Crippen molar-refractivity contribution in [1.82, 2.24) is 10.6 Å². The lowest BCUT2D eigenvalue weighted by atomic mass is 10.1. The second kappa shape index (κ2) is 5.85. The van der Waals surface area contributed by atoms with Crippen LogP contribution < -0.4 is 10.6 Å². The van der Waals surface area contributed by atoms with Crippen molar-refractivity contribution in [2.24, 2.45) is 5.41 Å². The fourth-order valence-electron chi connectivity index (χ4n) is 2.15. The van der Waals surface area contributed by atoms with Crippen molar-refractivity contribution in [1.29, 1.82) is 0 Å². The Balaban J connectivity index is 1.79. The lowest BCUT2D eigenvalue weighted by Gasteiger charge is -2.15.